The van der Waals surface area contributed by atoms with E-state index in [-0.39, 0.29) is 69.0 Å². The summed E-state index contributed by atoms with van der Waals surface area (Å²) >= 11 is 0. The predicted molar refractivity (Wildman–Crippen MR) is 572 cm³/mol. The van der Waals surface area contributed by atoms with Gasteiger partial charge in [-0.15, -0.1) is 0 Å². The lowest BCUT2D eigenvalue weighted by molar-refractivity contribution is 0.115. The van der Waals surface area contributed by atoms with Gasteiger partial charge < -0.3 is 82.4 Å². The highest BCUT2D eigenvalue weighted by molar-refractivity contribution is 7.88. The summed E-state index contributed by atoms with van der Waals surface area (Å²) in [6.45, 7) is 36.0. The largest absolute Gasteiger partial charge is 0.748 e. The van der Waals surface area contributed by atoms with E-state index in [0.717, 1.165) is 69.5 Å². The molecular weight excluding hydrogens is 2150 g/mol. The van der Waals surface area contributed by atoms with E-state index >= 15 is 0 Å². The van der Waals surface area contributed by atoms with E-state index in [4.69, 9.17) is 67.3 Å². The third kappa shape index (κ3) is 113. The van der Waals surface area contributed by atoms with Crippen LogP contribution in [0.1, 0.15) is 224 Å². The van der Waals surface area contributed by atoms with Crippen LogP contribution in [0.5, 0.6) is 0 Å². The SMILES string of the molecule is CC(CCN(C)C)S(=O)(=O)O.CC(CCN)S(=O)(=O)O.CC(CCN1CCCCC1)S(=O)(=O)O.CC(CCNCc1ccccc1)S(=O)(=O)O.CC(CNC(C)(C)C)CS(=O)(=O)O.CCCC(CO)N(N)CCC(C)S(=O)(=O)O.CCCCCCCCNCC(O)CS(=O)(=O)O.CCNCC(O)C(C)S(=O)(=O)O.CCNCCC(C)S(=O)(=O)O.CN(C)CC(O)CS(=O)(=O)[O-].O=S(=O)(O)CC(O)CNCc1ccccc1. The molecule has 0 aromatic heterocycles. The fraction of sp³-hybridized carbons (Fsp3) is 0.859. The molecule has 1 heterocycles. The molecule has 1 fully saturated rings. The van der Waals surface area contributed by atoms with Crippen molar-refractivity contribution in [1.29, 1.82) is 0 Å². The molecule has 2 aromatic carbocycles. The first-order valence-corrected chi connectivity index (χ1v) is 64.7. The molecule has 1 aliphatic rings. The van der Waals surface area contributed by atoms with Crippen LogP contribution in [-0.4, -0.2) is 423 Å². The van der Waals surface area contributed by atoms with Crippen molar-refractivity contribution in [3.8, 4) is 0 Å². The van der Waals surface area contributed by atoms with Gasteiger partial charge in [0.1, 0.15) is 16.8 Å². The molecule has 1 aliphatic heterocycles. The maximum atomic E-state index is 10.8. The number of hydrazine groups is 1. The van der Waals surface area contributed by atoms with Crippen molar-refractivity contribution in [3.63, 3.8) is 0 Å². The molecule has 25 N–H and O–H groups in total. The van der Waals surface area contributed by atoms with Gasteiger partial charge in [0.25, 0.3) is 101 Å². The maximum absolute atomic E-state index is 10.8. The third-order valence-electron chi connectivity index (χ3n) is 20.4. The normalized spacial score (nSPS) is 15.7. The Bertz CT molecular complexity index is 4910. The van der Waals surface area contributed by atoms with Gasteiger partial charge in [-0.3, -0.25) is 51.4 Å². The fourth-order valence-electron chi connectivity index (χ4n) is 11.1. The van der Waals surface area contributed by atoms with E-state index in [2.05, 4.69) is 43.7 Å². The molecule has 0 aliphatic carbocycles. The number of likely N-dealkylation sites (tertiary alicyclic amines) is 1. The molecule has 2 aromatic rings. The number of nitrogens with zero attached hydrogens (tertiary/aromatic N) is 4. The van der Waals surface area contributed by atoms with E-state index in [1.807, 2.05) is 121 Å². The van der Waals surface area contributed by atoms with E-state index in [1.54, 1.807) is 32.8 Å². The van der Waals surface area contributed by atoms with Crippen molar-refractivity contribution in [2.24, 2.45) is 17.5 Å². The van der Waals surface area contributed by atoms with Crippen molar-refractivity contribution in [3.05, 3.63) is 71.8 Å². The molecule has 1 saturated heterocycles. The molecule has 0 saturated carbocycles. The highest BCUT2D eigenvalue weighted by Gasteiger charge is 2.28. The number of rotatable bonds is 60. The van der Waals surface area contributed by atoms with Crippen molar-refractivity contribution in [2.45, 2.75) is 299 Å². The van der Waals surface area contributed by atoms with Crippen molar-refractivity contribution in [2.75, 3.05) is 163 Å². The molecule has 50 nitrogen and oxygen atoms in total. The van der Waals surface area contributed by atoms with Crippen LogP contribution < -0.4 is 43.5 Å². The first kappa shape index (κ1) is 158. The maximum Gasteiger partial charge on any atom is 0.270 e. The van der Waals surface area contributed by atoms with Gasteiger partial charge >= 0.3 is 0 Å². The lowest BCUT2D eigenvalue weighted by Gasteiger charge is -2.26. The summed E-state index contributed by atoms with van der Waals surface area (Å²) in [7, 11) is -36.6. The summed E-state index contributed by atoms with van der Waals surface area (Å²) in [5.41, 5.74) is 7.23. The number of hydrogen-bond donors (Lipinski definition) is 23. The Balaban J connectivity index is -0.000000240. The minimum Gasteiger partial charge on any atom is -0.748 e. The van der Waals surface area contributed by atoms with Gasteiger partial charge in [0.05, 0.1) is 84.1 Å². The number of aliphatic hydroxyl groups excluding tert-OH is 5. The molecule has 880 valence electrons. The fourth-order valence-corrected chi connectivity index (χ4v) is 16.7. The number of hydrogen-bond acceptors (Lipinski definition) is 40. The Labute approximate surface area is 875 Å². The first-order chi connectivity index (χ1) is 66.4. The first-order valence-electron chi connectivity index (χ1n) is 47.8. The minimum atomic E-state index is -4.30. The van der Waals surface area contributed by atoms with Gasteiger partial charge in [-0.2, -0.15) is 84.2 Å². The zero-order valence-corrected chi connectivity index (χ0v) is 97.6. The third-order valence-corrected chi connectivity index (χ3v) is 32.6. The monoisotopic (exact) mass is 2330 g/mol. The molecule has 0 bridgehead atoms. The van der Waals surface area contributed by atoms with Gasteiger partial charge in [0, 0.05) is 57.4 Å². The summed E-state index contributed by atoms with van der Waals surface area (Å²) in [5, 5.41) is 59.7. The second kappa shape index (κ2) is 85.0. The number of piperidine rings is 1. The van der Waals surface area contributed by atoms with Crippen LogP contribution in [0.25, 0.3) is 0 Å². The number of benzene rings is 2. The average Bonchev–Trinajstić information content (AvgIpc) is 0.868. The second-order valence-electron chi connectivity index (χ2n) is 36.7. The van der Waals surface area contributed by atoms with Gasteiger partial charge in [-0.05, 0) is 251 Å². The zero-order chi connectivity index (χ0) is 116. The highest BCUT2D eigenvalue weighted by Crippen LogP contribution is 2.15. The van der Waals surface area contributed by atoms with Gasteiger partial charge in [-0.1, -0.05) is 140 Å². The van der Waals surface area contributed by atoms with Crippen LogP contribution in [0.3, 0.4) is 0 Å². The molecule has 0 radical (unpaired) electrons. The Morgan fingerprint density at radius 1 is 0.404 bits per heavy atom. The average molecular weight is 2340 g/mol. The molecule has 61 heteroatoms. The summed E-state index contributed by atoms with van der Waals surface area (Å²) in [4.78, 5) is 5.75. The van der Waals surface area contributed by atoms with E-state index in [9.17, 15) is 112 Å². The number of nitrogens with two attached hydrogens (primary N) is 2. The topological polar surface area (TPSA) is 839 Å². The number of unbranched alkanes of at least 4 members (excludes halogenated alkanes) is 5. The van der Waals surface area contributed by atoms with Crippen molar-refractivity contribution < 1.29 is 168 Å². The van der Waals surface area contributed by atoms with Crippen molar-refractivity contribution >= 4 is 111 Å². The number of likely N-dealkylation sites (N-methyl/N-ethyl adjacent to an activating group) is 2. The van der Waals surface area contributed by atoms with Crippen LogP contribution in [0.4, 0.5) is 0 Å². The summed E-state index contributed by atoms with van der Waals surface area (Å²) in [5.74, 6) is 3.48. The van der Waals surface area contributed by atoms with E-state index < -0.39 is 190 Å². The van der Waals surface area contributed by atoms with Crippen molar-refractivity contribution in [1.82, 2.24) is 51.6 Å². The highest BCUT2D eigenvalue weighted by atomic mass is 32.3. The van der Waals surface area contributed by atoms with Crippen LogP contribution in [-0.2, 0) is 124 Å². The Hall–Kier alpha value is -3.23. The summed E-state index contributed by atoms with van der Waals surface area (Å²) in [6, 6.07) is 19.2. The molecule has 146 heavy (non-hydrogen) atoms. The van der Waals surface area contributed by atoms with Crippen LogP contribution in [0, 0.1) is 5.92 Å². The van der Waals surface area contributed by atoms with Gasteiger partial charge in [-0.25, -0.2) is 13.4 Å². The summed E-state index contributed by atoms with van der Waals surface area (Å²) in [6.07, 6.45) is 10.6. The number of nitrogens with one attached hydrogen (secondary N) is 6. The summed E-state index contributed by atoms with van der Waals surface area (Å²) < 4.78 is 327. The molecular formula is C85H185N12O38S11-. The van der Waals surface area contributed by atoms with E-state index in [1.165, 1.54) is 91.5 Å². The van der Waals surface area contributed by atoms with Gasteiger partial charge in [0.15, 0.2) is 0 Å². The predicted octanol–water partition coefficient (Wildman–Crippen LogP) is 2.45. The van der Waals surface area contributed by atoms with Crippen LogP contribution >= 0.6 is 0 Å². The Morgan fingerprint density at radius 3 is 1.13 bits per heavy atom. The zero-order valence-electron chi connectivity index (χ0n) is 88.6. The van der Waals surface area contributed by atoms with Gasteiger partial charge in [0.2, 0.25) is 0 Å². The molecule has 0 amide bonds. The smallest absolute Gasteiger partial charge is 0.270 e. The molecule has 0 spiro atoms. The lowest BCUT2D eigenvalue weighted by Crippen LogP contribution is -2.44. The second-order valence-corrected chi connectivity index (χ2v) is 55.4. The molecule has 13 atom stereocenters. The van der Waals surface area contributed by atoms with E-state index in [0.29, 0.717) is 84.5 Å². The standard InChI is InChI=1S/C11H25NO4S.C11H17NO3S.C10H15NO4S.C9H22N2O4S.C9H19NO3S.C8H19NO3S.C6H15NO4S.2C6H15NO3S.C5H13NO4S.C4H11NO3S/c1-2-3-4-5-6-7-8-12-9-11(13)10-17(14,15)16;1-10(16(13,14)15)7-8-12-9-11-5-3-2-4-6-11;12-10(8-16(13,14)15)7-11-6-9-4-2-1-3-5-9;1-3-4-9(7-12)11(10)6-5-8(2)16(13,14)15;1-9(14(11,12)13)5-8-10-6-3-2-4-7-10;1-7(6-13(10,11)12)5-9-8(2,3)4;1-3-7-4-6(8)5(2)12(9,10)11;1-6(11(8,9)10)4-5-7(2)3;1-3-7-5-4-6(2)11(8,9)10;1-6(2)3-5(7)4-11(8,9)10;1-4(2-3-5)9(6,7)8/h11-13H,2-10H2,1H3,(H,14,15,16);2-6,10,12H,7-9H2,1H3,(H,13,14,15);1-5,10-12H,6-8H2,(H,13,14,15);8-9,12H,3-7,10H2,1-2H3,(H,13,14,15);9H,2-8H2,1H3,(H,11,12,13);7,9H,5-6H2,1-4H3,(H,10,11,12);5-8H,3-4H2,1-2H3,(H,9,10,11);6H,4-5H2,1-3H3,(H,8,9,10);6-7H,3-5H2,1-2H3,(H,8,9,10);5,7H,3-4H2,1-2H3,(H,8,9,10);4H,2-3,5H2,1H3,(H,6,7,8)/p-1. The Morgan fingerprint density at radius 2 is 0.781 bits per heavy atom. The Kier molecular flexibility index (Phi) is 92.0. The number of aliphatic hydroxyl groups is 5. The molecule has 3 rings (SSSR count). The van der Waals surface area contributed by atoms with Crippen LogP contribution in [0.2, 0.25) is 0 Å². The van der Waals surface area contributed by atoms with Crippen LogP contribution in [0.15, 0.2) is 60.7 Å². The molecule has 13 unspecified atom stereocenters. The quantitative estimate of drug-likeness (QED) is 0.0196. The lowest BCUT2D eigenvalue weighted by atomic mass is 10.1. The minimum absolute atomic E-state index is 0.0204.